The van der Waals surface area contributed by atoms with E-state index in [0.717, 1.165) is 11.1 Å². The highest BCUT2D eigenvalue weighted by Gasteiger charge is 2.30. The topological polar surface area (TPSA) is 60.4 Å². The highest BCUT2D eigenvalue weighted by molar-refractivity contribution is 6.28. The Hall–Kier alpha value is -4.15. The van der Waals surface area contributed by atoms with Gasteiger partial charge in [-0.15, -0.1) is 0 Å². The van der Waals surface area contributed by atoms with Crippen LogP contribution in [0.5, 0.6) is 0 Å². The zero-order valence-electron chi connectivity index (χ0n) is 23.8. The second-order valence-electron chi connectivity index (χ2n) is 11.5. The molecule has 0 aromatic heterocycles. The van der Waals surface area contributed by atoms with E-state index in [1.807, 2.05) is 72.8 Å². The fraction of sp³-hybridized carbons (Fsp3) is 0.250. The number of ketones is 3. The van der Waals surface area contributed by atoms with Gasteiger partial charge in [-0.3, -0.25) is 14.4 Å². The molecule has 1 unspecified atom stereocenters. The van der Waals surface area contributed by atoms with Gasteiger partial charge in [0, 0.05) is 27.8 Å². The van der Waals surface area contributed by atoms with Crippen LogP contribution in [0.3, 0.4) is 0 Å². The molecule has 0 bridgehead atoms. The standard InChI is InChI=1S/C18H16O2.C18H20O2/c1-18(2,3)11-8-9-14-15(10-11)17(20)13-7-5-4-6-12(13)16(14)19;1-14(2)13-20-18(16-11-7-4-8-12-16)17(19)15-9-5-3-6-10-15/h4-10H,1-3H3;3-12,14,18H,13H2,1-2H3. The van der Waals surface area contributed by atoms with Gasteiger partial charge in [0.15, 0.2) is 17.3 Å². The summed E-state index contributed by atoms with van der Waals surface area (Å²) in [6.45, 7) is 11.0. The molecule has 5 rings (SSSR count). The lowest BCUT2D eigenvalue weighted by atomic mass is 9.79. The number of carbonyl (C=O) groups is 3. The number of fused-ring (bicyclic) bond motifs is 2. The molecule has 4 nitrogen and oxygen atoms in total. The van der Waals surface area contributed by atoms with Gasteiger partial charge in [0.05, 0.1) is 6.61 Å². The van der Waals surface area contributed by atoms with Gasteiger partial charge in [-0.2, -0.15) is 0 Å². The predicted octanol–water partition coefficient (Wildman–Crippen LogP) is 8.04. The van der Waals surface area contributed by atoms with Crippen molar-refractivity contribution in [3.8, 4) is 0 Å². The zero-order chi connectivity index (χ0) is 28.9. The third kappa shape index (κ3) is 6.52. The number of Topliss-reactive ketones (excluding diaryl/α,β-unsaturated/α-hetero) is 1. The highest BCUT2D eigenvalue weighted by Crippen LogP contribution is 2.31. The molecule has 0 saturated carbocycles. The number of hydrogen-bond donors (Lipinski definition) is 0. The van der Waals surface area contributed by atoms with E-state index in [0.29, 0.717) is 40.3 Å². The third-order valence-electron chi connectivity index (χ3n) is 6.79. The van der Waals surface area contributed by atoms with Crippen molar-refractivity contribution in [2.24, 2.45) is 5.92 Å². The van der Waals surface area contributed by atoms with Gasteiger partial charge in [-0.25, -0.2) is 0 Å². The summed E-state index contributed by atoms with van der Waals surface area (Å²) < 4.78 is 5.86. The summed E-state index contributed by atoms with van der Waals surface area (Å²) in [7, 11) is 0. The fourth-order valence-corrected chi connectivity index (χ4v) is 4.56. The summed E-state index contributed by atoms with van der Waals surface area (Å²) in [6, 6.07) is 31.6. The Morgan fingerprint density at radius 3 is 1.73 bits per heavy atom. The normalized spacial score (nSPS) is 13.2. The molecule has 0 saturated heterocycles. The molecule has 0 fully saturated rings. The van der Waals surface area contributed by atoms with Gasteiger partial charge < -0.3 is 4.74 Å². The Balaban J connectivity index is 0.000000185. The summed E-state index contributed by atoms with van der Waals surface area (Å²) in [5.41, 5.74) is 4.67. The van der Waals surface area contributed by atoms with Gasteiger partial charge >= 0.3 is 0 Å². The summed E-state index contributed by atoms with van der Waals surface area (Å²) >= 11 is 0. The minimum absolute atomic E-state index is 0.0115. The first kappa shape index (κ1) is 28.8. The lowest BCUT2D eigenvalue weighted by Gasteiger charge is -2.23. The average molecular weight is 533 g/mol. The molecule has 4 heteroatoms. The van der Waals surface area contributed by atoms with E-state index in [-0.39, 0.29) is 22.8 Å². The van der Waals surface area contributed by atoms with Crippen LogP contribution in [0.2, 0.25) is 0 Å². The molecule has 4 aromatic carbocycles. The first-order chi connectivity index (χ1) is 19.1. The molecular weight excluding hydrogens is 496 g/mol. The molecule has 1 aliphatic rings. The highest BCUT2D eigenvalue weighted by atomic mass is 16.5. The predicted molar refractivity (Wildman–Crippen MR) is 159 cm³/mol. The van der Waals surface area contributed by atoms with Crippen LogP contribution in [0.1, 0.15) is 94.1 Å². The SMILES string of the molecule is CC(C)(C)c1ccc2c(c1)C(=O)c1ccccc1C2=O.CC(C)COC(C(=O)c1ccccc1)c1ccccc1. The van der Waals surface area contributed by atoms with Crippen LogP contribution in [0.25, 0.3) is 0 Å². The Kier molecular flexibility index (Phi) is 8.91. The lowest BCUT2D eigenvalue weighted by molar-refractivity contribution is 0.0308. The van der Waals surface area contributed by atoms with Crippen LogP contribution >= 0.6 is 0 Å². The molecule has 4 aromatic rings. The van der Waals surface area contributed by atoms with Crippen molar-refractivity contribution in [2.75, 3.05) is 6.61 Å². The van der Waals surface area contributed by atoms with Crippen LogP contribution < -0.4 is 0 Å². The van der Waals surface area contributed by atoms with Gasteiger partial charge in [-0.1, -0.05) is 126 Å². The van der Waals surface area contributed by atoms with E-state index < -0.39 is 6.10 Å². The van der Waals surface area contributed by atoms with Crippen molar-refractivity contribution in [2.45, 2.75) is 46.1 Å². The fourth-order valence-electron chi connectivity index (χ4n) is 4.56. The summed E-state index contributed by atoms with van der Waals surface area (Å²) in [6.07, 6.45) is -0.527. The smallest absolute Gasteiger partial charge is 0.196 e. The first-order valence-electron chi connectivity index (χ1n) is 13.7. The minimum Gasteiger partial charge on any atom is -0.365 e. The van der Waals surface area contributed by atoms with Gasteiger partial charge in [0.25, 0.3) is 0 Å². The largest absolute Gasteiger partial charge is 0.365 e. The van der Waals surface area contributed by atoms with Gasteiger partial charge in [0.2, 0.25) is 0 Å². The quantitative estimate of drug-likeness (QED) is 0.208. The maximum atomic E-state index is 12.6. The van der Waals surface area contributed by atoms with E-state index in [9.17, 15) is 14.4 Å². The molecule has 204 valence electrons. The van der Waals surface area contributed by atoms with Crippen molar-refractivity contribution >= 4 is 17.3 Å². The van der Waals surface area contributed by atoms with Gasteiger partial charge in [0.1, 0.15) is 6.10 Å². The van der Waals surface area contributed by atoms with Crippen molar-refractivity contribution in [3.63, 3.8) is 0 Å². The summed E-state index contributed by atoms with van der Waals surface area (Å²) in [5.74, 6) is 0.291. The molecule has 40 heavy (non-hydrogen) atoms. The van der Waals surface area contributed by atoms with Crippen molar-refractivity contribution in [3.05, 3.63) is 142 Å². The van der Waals surface area contributed by atoms with Crippen LogP contribution in [-0.4, -0.2) is 24.0 Å². The van der Waals surface area contributed by atoms with Crippen LogP contribution in [-0.2, 0) is 10.2 Å². The maximum absolute atomic E-state index is 12.6. The van der Waals surface area contributed by atoms with Crippen molar-refractivity contribution < 1.29 is 19.1 Å². The summed E-state index contributed by atoms with van der Waals surface area (Å²) in [4.78, 5) is 37.7. The second kappa shape index (κ2) is 12.4. The summed E-state index contributed by atoms with van der Waals surface area (Å²) in [5, 5.41) is 0. The molecular formula is C36H36O4. The first-order valence-corrected chi connectivity index (χ1v) is 13.7. The lowest BCUT2D eigenvalue weighted by Crippen LogP contribution is -2.22. The zero-order valence-corrected chi connectivity index (χ0v) is 23.8. The Morgan fingerprint density at radius 1 is 0.675 bits per heavy atom. The van der Waals surface area contributed by atoms with Crippen LogP contribution in [0.4, 0.5) is 0 Å². The van der Waals surface area contributed by atoms with E-state index in [4.69, 9.17) is 4.74 Å². The monoisotopic (exact) mass is 532 g/mol. The molecule has 0 amide bonds. The molecule has 1 aliphatic carbocycles. The number of hydrogen-bond acceptors (Lipinski definition) is 4. The van der Waals surface area contributed by atoms with E-state index in [2.05, 4.69) is 34.6 Å². The van der Waals surface area contributed by atoms with Crippen LogP contribution in [0, 0.1) is 5.92 Å². The number of ether oxygens (including phenoxy) is 1. The Labute approximate surface area is 237 Å². The molecule has 1 atom stereocenters. The van der Waals surface area contributed by atoms with Gasteiger partial charge in [-0.05, 0) is 34.6 Å². The van der Waals surface area contributed by atoms with Crippen molar-refractivity contribution in [1.82, 2.24) is 0 Å². The van der Waals surface area contributed by atoms with E-state index in [1.54, 1.807) is 30.3 Å². The van der Waals surface area contributed by atoms with E-state index in [1.165, 1.54) is 0 Å². The number of benzene rings is 4. The number of rotatable bonds is 6. The molecule has 0 radical (unpaired) electrons. The molecule has 0 heterocycles. The molecule has 0 spiro atoms. The molecule has 0 aliphatic heterocycles. The minimum atomic E-state index is -0.527. The van der Waals surface area contributed by atoms with Crippen LogP contribution in [0.15, 0.2) is 103 Å². The second-order valence-corrected chi connectivity index (χ2v) is 11.5. The van der Waals surface area contributed by atoms with E-state index >= 15 is 0 Å². The van der Waals surface area contributed by atoms with Crippen molar-refractivity contribution in [1.29, 1.82) is 0 Å². The third-order valence-corrected chi connectivity index (χ3v) is 6.79. The maximum Gasteiger partial charge on any atom is 0.196 e. The Morgan fingerprint density at radius 2 is 1.18 bits per heavy atom. The molecule has 0 N–H and O–H groups in total. The average Bonchev–Trinajstić information content (AvgIpc) is 2.96. The Bertz CT molecular complexity index is 1500. The number of carbonyl (C=O) groups excluding carboxylic acids is 3.